The first-order valence-corrected chi connectivity index (χ1v) is 10.0. The summed E-state index contributed by atoms with van der Waals surface area (Å²) in [5.74, 6) is -0.922. The number of nitrogens with one attached hydrogen (secondary N) is 1. The minimum atomic E-state index is -0.872. The summed E-state index contributed by atoms with van der Waals surface area (Å²) in [6, 6.07) is 7.24. The lowest BCUT2D eigenvalue weighted by Gasteiger charge is -2.48. The average molecular weight is 397 g/mol. The number of rotatable bonds is 2. The number of piperazine rings is 1. The summed E-state index contributed by atoms with van der Waals surface area (Å²) in [6.07, 6.45) is 5.61. The Labute approximate surface area is 168 Å². The van der Waals surface area contributed by atoms with Gasteiger partial charge in [-0.15, -0.1) is 0 Å². The molecule has 152 valence electrons. The van der Waals surface area contributed by atoms with Gasteiger partial charge in [-0.3, -0.25) is 19.0 Å². The molecule has 1 aromatic carbocycles. The van der Waals surface area contributed by atoms with Gasteiger partial charge in [0.2, 0.25) is 5.91 Å². The van der Waals surface area contributed by atoms with Gasteiger partial charge in [-0.1, -0.05) is 19.3 Å². The highest BCUT2D eigenvalue weighted by atomic mass is 19.1. The van der Waals surface area contributed by atoms with Gasteiger partial charge in [0.25, 0.3) is 11.5 Å². The third kappa shape index (κ3) is 3.24. The fourth-order valence-electron chi connectivity index (χ4n) is 4.54. The molecule has 1 aliphatic carbocycles. The van der Waals surface area contributed by atoms with E-state index in [2.05, 4.69) is 5.32 Å². The molecule has 6 nitrogen and oxygen atoms in total. The van der Waals surface area contributed by atoms with Gasteiger partial charge in [0.1, 0.15) is 16.9 Å². The molecule has 1 aromatic heterocycles. The van der Waals surface area contributed by atoms with E-state index in [-0.39, 0.29) is 11.5 Å². The van der Waals surface area contributed by atoms with Crippen molar-refractivity contribution in [2.45, 2.75) is 44.6 Å². The van der Waals surface area contributed by atoms with Crippen LogP contribution in [0, 0.1) is 12.7 Å². The van der Waals surface area contributed by atoms with Crippen molar-refractivity contribution in [2.75, 3.05) is 13.1 Å². The number of benzene rings is 1. The molecule has 2 aliphatic rings. The quantitative estimate of drug-likeness (QED) is 0.847. The number of halogens is 1. The van der Waals surface area contributed by atoms with Crippen LogP contribution in [0.15, 0.2) is 41.3 Å². The molecule has 0 unspecified atom stereocenters. The fraction of sp³-hybridized carbons (Fsp3) is 0.409. The SMILES string of the molecule is Cc1ccn(-c2ccc(F)cc2)c(=O)c1C(=O)N1CCNC(=O)C12CCCCC2. The van der Waals surface area contributed by atoms with Crippen LogP contribution in [0.1, 0.15) is 48.0 Å². The van der Waals surface area contributed by atoms with E-state index >= 15 is 0 Å². The normalized spacial score (nSPS) is 18.6. The van der Waals surface area contributed by atoms with Crippen molar-refractivity contribution in [3.63, 3.8) is 0 Å². The smallest absolute Gasteiger partial charge is 0.268 e. The van der Waals surface area contributed by atoms with Crippen molar-refractivity contribution in [3.8, 4) is 5.69 Å². The minimum Gasteiger partial charge on any atom is -0.352 e. The zero-order chi connectivity index (χ0) is 20.6. The van der Waals surface area contributed by atoms with E-state index in [1.165, 1.54) is 28.8 Å². The second kappa shape index (κ2) is 7.46. The monoisotopic (exact) mass is 397 g/mol. The number of nitrogens with zero attached hydrogens (tertiary/aromatic N) is 2. The van der Waals surface area contributed by atoms with Crippen molar-refractivity contribution >= 4 is 11.8 Å². The molecule has 7 heteroatoms. The number of carbonyl (C=O) groups excluding carboxylic acids is 2. The predicted octanol–water partition coefficient (Wildman–Crippen LogP) is 2.56. The second-order valence-electron chi connectivity index (χ2n) is 7.83. The standard InChI is InChI=1S/C22H24FN3O3/c1-15-9-13-25(17-7-5-16(23)6-8-17)19(27)18(15)20(28)26-14-12-24-21(29)22(26)10-3-2-4-11-22/h5-9,13H,2-4,10-12,14H2,1H3,(H,24,29). The van der Waals surface area contributed by atoms with Gasteiger partial charge < -0.3 is 10.2 Å². The molecule has 2 fully saturated rings. The lowest BCUT2D eigenvalue weighted by molar-refractivity contribution is -0.137. The Hall–Kier alpha value is -2.96. The van der Waals surface area contributed by atoms with Crippen LogP contribution in [0.5, 0.6) is 0 Å². The Morgan fingerprint density at radius 2 is 1.76 bits per heavy atom. The first kappa shape index (κ1) is 19.4. The molecule has 29 heavy (non-hydrogen) atoms. The summed E-state index contributed by atoms with van der Waals surface area (Å²) in [7, 11) is 0. The van der Waals surface area contributed by atoms with E-state index in [1.807, 2.05) is 0 Å². The first-order chi connectivity index (χ1) is 13.9. The van der Waals surface area contributed by atoms with E-state index in [9.17, 15) is 18.8 Å². The maximum Gasteiger partial charge on any atom is 0.268 e. The van der Waals surface area contributed by atoms with Gasteiger partial charge in [0.05, 0.1) is 0 Å². The van der Waals surface area contributed by atoms with Crippen molar-refractivity contribution in [2.24, 2.45) is 0 Å². The summed E-state index contributed by atoms with van der Waals surface area (Å²) in [5.41, 5.74) is -0.220. The van der Waals surface area contributed by atoms with E-state index < -0.39 is 22.8 Å². The van der Waals surface area contributed by atoms with Crippen LogP contribution >= 0.6 is 0 Å². The predicted molar refractivity (Wildman–Crippen MR) is 107 cm³/mol. The van der Waals surface area contributed by atoms with Crippen LogP contribution in [0.4, 0.5) is 4.39 Å². The number of carbonyl (C=O) groups is 2. The van der Waals surface area contributed by atoms with E-state index in [0.717, 1.165) is 19.3 Å². The summed E-state index contributed by atoms with van der Waals surface area (Å²) in [5, 5.41) is 2.90. The third-order valence-electron chi connectivity index (χ3n) is 6.11. The van der Waals surface area contributed by atoms with Crippen LogP contribution < -0.4 is 10.9 Å². The lowest BCUT2D eigenvalue weighted by Crippen LogP contribution is -2.67. The maximum absolute atomic E-state index is 13.6. The molecule has 1 aliphatic heterocycles. The van der Waals surface area contributed by atoms with Gasteiger partial charge in [-0.25, -0.2) is 4.39 Å². The molecule has 1 spiro atoms. The second-order valence-corrected chi connectivity index (χ2v) is 7.83. The molecule has 4 rings (SSSR count). The Kier molecular flexibility index (Phi) is 4.98. The Bertz CT molecular complexity index is 1010. The molecule has 0 bridgehead atoms. The number of aromatic nitrogens is 1. The van der Waals surface area contributed by atoms with E-state index in [1.54, 1.807) is 24.1 Å². The number of hydrogen-bond acceptors (Lipinski definition) is 3. The largest absolute Gasteiger partial charge is 0.352 e. The maximum atomic E-state index is 13.6. The minimum absolute atomic E-state index is 0.0662. The Balaban J connectivity index is 1.78. The number of hydrogen-bond donors (Lipinski definition) is 1. The van der Waals surface area contributed by atoms with Crippen molar-refractivity contribution in [1.82, 2.24) is 14.8 Å². The van der Waals surface area contributed by atoms with Crippen molar-refractivity contribution < 1.29 is 14.0 Å². The van der Waals surface area contributed by atoms with Gasteiger partial charge in [-0.05, 0) is 55.7 Å². The van der Waals surface area contributed by atoms with Gasteiger partial charge >= 0.3 is 0 Å². The Morgan fingerprint density at radius 3 is 2.45 bits per heavy atom. The highest BCUT2D eigenvalue weighted by Gasteiger charge is 2.49. The molecular formula is C22H24FN3O3. The van der Waals surface area contributed by atoms with Crippen molar-refractivity contribution in [1.29, 1.82) is 0 Å². The molecule has 2 amide bonds. The zero-order valence-corrected chi connectivity index (χ0v) is 16.4. The molecule has 0 radical (unpaired) electrons. The van der Waals surface area contributed by atoms with Crippen LogP contribution in [0.3, 0.4) is 0 Å². The van der Waals surface area contributed by atoms with Crippen LogP contribution in [-0.2, 0) is 4.79 Å². The summed E-state index contributed by atoms with van der Waals surface area (Å²) >= 11 is 0. The third-order valence-corrected chi connectivity index (χ3v) is 6.11. The lowest BCUT2D eigenvalue weighted by atomic mass is 9.78. The first-order valence-electron chi connectivity index (χ1n) is 10.0. The topological polar surface area (TPSA) is 71.4 Å². The van der Waals surface area contributed by atoms with Gasteiger partial charge in [-0.2, -0.15) is 0 Å². The van der Waals surface area contributed by atoms with Gasteiger partial charge in [0.15, 0.2) is 0 Å². The number of pyridine rings is 1. The van der Waals surface area contributed by atoms with E-state index in [4.69, 9.17) is 0 Å². The average Bonchev–Trinajstić information content (AvgIpc) is 2.72. The molecule has 1 saturated carbocycles. The highest BCUT2D eigenvalue weighted by Crippen LogP contribution is 2.36. The van der Waals surface area contributed by atoms with E-state index in [0.29, 0.717) is 37.2 Å². The Morgan fingerprint density at radius 1 is 1.07 bits per heavy atom. The van der Waals surface area contributed by atoms with Gasteiger partial charge in [0, 0.05) is 25.0 Å². The summed E-state index contributed by atoms with van der Waals surface area (Å²) in [4.78, 5) is 41.2. The van der Waals surface area contributed by atoms with Crippen molar-refractivity contribution in [3.05, 3.63) is 63.8 Å². The highest BCUT2D eigenvalue weighted by molar-refractivity contribution is 6.00. The molecule has 1 N–H and O–H groups in total. The molecular weight excluding hydrogens is 373 g/mol. The molecule has 2 aromatic rings. The summed E-state index contributed by atoms with van der Waals surface area (Å²) in [6.45, 7) is 2.49. The molecule has 1 saturated heterocycles. The summed E-state index contributed by atoms with van der Waals surface area (Å²) < 4.78 is 14.6. The molecule has 0 atom stereocenters. The van der Waals surface area contributed by atoms with Crippen LogP contribution in [-0.4, -0.2) is 39.9 Å². The van der Waals surface area contributed by atoms with Crippen LogP contribution in [0.25, 0.3) is 5.69 Å². The molecule has 2 heterocycles. The fourth-order valence-corrected chi connectivity index (χ4v) is 4.54. The zero-order valence-electron chi connectivity index (χ0n) is 16.4. The number of amides is 2. The van der Waals surface area contributed by atoms with Crippen LogP contribution in [0.2, 0.25) is 0 Å². The number of aryl methyl sites for hydroxylation is 1.